The SMILES string of the molecule is CNc1cc(NCC(C)(C)CO)nc(-c2ccccc2)n1. The van der Waals surface area contributed by atoms with Crippen molar-refractivity contribution in [1.29, 1.82) is 0 Å². The van der Waals surface area contributed by atoms with Gasteiger partial charge in [-0.15, -0.1) is 0 Å². The summed E-state index contributed by atoms with van der Waals surface area (Å²) in [5.41, 5.74) is 0.775. The third kappa shape index (κ3) is 4.16. The molecule has 0 fully saturated rings. The van der Waals surface area contributed by atoms with Gasteiger partial charge in [-0.2, -0.15) is 0 Å². The Hall–Kier alpha value is -2.14. The molecule has 21 heavy (non-hydrogen) atoms. The molecule has 0 unspecified atom stereocenters. The molecule has 0 atom stereocenters. The quantitative estimate of drug-likeness (QED) is 0.761. The molecular formula is C16H22N4O. The second-order valence-electron chi connectivity index (χ2n) is 5.75. The van der Waals surface area contributed by atoms with Gasteiger partial charge in [-0.3, -0.25) is 0 Å². The molecule has 0 amide bonds. The van der Waals surface area contributed by atoms with E-state index in [4.69, 9.17) is 0 Å². The van der Waals surface area contributed by atoms with Crippen LogP contribution in [0.1, 0.15) is 13.8 Å². The molecule has 5 heteroatoms. The largest absolute Gasteiger partial charge is 0.396 e. The Labute approximate surface area is 125 Å². The van der Waals surface area contributed by atoms with E-state index >= 15 is 0 Å². The molecule has 0 spiro atoms. The lowest BCUT2D eigenvalue weighted by atomic mass is 9.95. The van der Waals surface area contributed by atoms with Gasteiger partial charge in [-0.25, -0.2) is 9.97 Å². The van der Waals surface area contributed by atoms with E-state index in [1.165, 1.54) is 0 Å². The second kappa shape index (κ2) is 6.54. The first-order chi connectivity index (χ1) is 10.0. The van der Waals surface area contributed by atoms with Crippen molar-refractivity contribution in [2.24, 2.45) is 5.41 Å². The van der Waals surface area contributed by atoms with Crippen LogP contribution in [0.5, 0.6) is 0 Å². The van der Waals surface area contributed by atoms with Crippen molar-refractivity contribution in [3.05, 3.63) is 36.4 Å². The summed E-state index contributed by atoms with van der Waals surface area (Å²) >= 11 is 0. The van der Waals surface area contributed by atoms with Gasteiger partial charge in [0.05, 0.1) is 0 Å². The Bertz CT molecular complexity index is 584. The Balaban J connectivity index is 2.26. The Morgan fingerprint density at radius 3 is 2.38 bits per heavy atom. The number of hydrogen-bond acceptors (Lipinski definition) is 5. The van der Waals surface area contributed by atoms with Crippen molar-refractivity contribution in [2.45, 2.75) is 13.8 Å². The molecule has 1 heterocycles. The minimum Gasteiger partial charge on any atom is -0.396 e. The molecular weight excluding hydrogens is 264 g/mol. The minimum atomic E-state index is -0.197. The molecule has 1 aromatic heterocycles. The zero-order chi connectivity index (χ0) is 15.3. The monoisotopic (exact) mass is 286 g/mol. The number of hydrogen-bond donors (Lipinski definition) is 3. The Morgan fingerprint density at radius 1 is 1.10 bits per heavy atom. The molecule has 0 aliphatic carbocycles. The summed E-state index contributed by atoms with van der Waals surface area (Å²) in [6.07, 6.45) is 0. The fraction of sp³-hybridized carbons (Fsp3) is 0.375. The molecule has 2 aromatic rings. The van der Waals surface area contributed by atoms with Crippen LogP contribution in [-0.4, -0.2) is 35.3 Å². The van der Waals surface area contributed by atoms with E-state index in [-0.39, 0.29) is 12.0 Å². The van der Waals surface area contributed by atoms with E-state index < -0.39 is 0 Å². The first-order valence-electron chi connectivity index (χ1n) is 7.01. The van der Waals surface area contributed by atoms with Crippen molar-refractivity contribution in [1.82, 2.24) is 9.97 Å². The van der Waals surface area contributed by atoms with Gasteiger partial charge in [0.25, 0.3) is 0 Å². The zero-order valence-electron chi connectivity index (χ0n) is 12.7. The number of rotatable bonds is 6. The molecule has 0 aliphatic rings. The van der Waals surface area contributed by atoms with Crippen LogP contribution < -0.4 is 10.6 Å². The topological polar surface area (TPSA) is 70.1 Å². The number of nitrogens with zero attached hydrogens (tertiary/aromatic N) is 2. The normalized spacial score (nSPS) is 11.2. The first kappa shape index (κ1) is 15.3. The predicted molar refractivity (Wildman–Crippen MR) is 86.4 cm³/mol. The van der Waals surface area contributed by atoms with Crippen LogP contribution in [0.3, 0.4) is 0 Å². The number of aliphatic hydroxyl groups is 1. The number of aromatic nitrogens is 2. The average Bonchev–Trinajstić information content (AvgIpc) is 2.53. The van der Waals surface area contributed by atoms with E-state index in [0.717, 1.165) is 17.2 Å². The lowest BCUT2D eigenvalue weighted by molar-refractivity contribution is 0.170. The van der Waals surface area contributed by atoms with Gasteiger partial charge >= 0.3 is 0 Å². The molecule has 0 saturated carbocycles. The third-order valence-electron chi connectivity index (χ3n) is 3.19. The van der Waals surface area contributed by atoms with Gasteiger partial charge in [0.1, 0.15) is 11.6 Å². The van der Waals surface area contributed by atoms with Gasteiger partial charge in [-0.05, 0) is 0 Å². The summed E-state index contributed by atoms with van der Waals surface area (Å²) in [6.45, 7) is 4.75. The number of nitrogens with one attached hydrogen (secondary N) is 2. The lowest BCUT2D eigenvalue weighted by Gasteiger charge is -2.22. The molecule has 1 aromatic carbocycles. The fourth-order valence-corrected chi connectivity index (χ4v) is 1.77. The first-order valence-corrected chi connectivity index (χ1v) is 7.01. The summed E-state index contributed by atoms with van der Waals surface area (Å²) in [6, 6.07) is 11.7. The maximum Gasteiger partial charge on any atom is 0.163 e. The highest BCUT2D eigenvalue weighted by Crippen LogP contribution is 2.21. The standard InChI is InChI=1S/C16H22N4O/c1-16(2,11-21)10-18-14-9-13(17-3)19-15(20-14)12-7-5-4-6-8-12/h4-9,21H,10-11H2,1-3H3,(H2,17,18,19,20). The maximum absolute atomic E-state index is 9.32. The fourth-order valence-electron chi connectivity index (χ4n) is 1.77. The van der Waals surface area contributed by atoms with Crippen molar-refractivity contribution in [2.75, 3.05) is 30.8 Å². The highest BCUT2D eigenvalue weighted by atomic mass is 16.3. The van der Waals surface area contributed by atoms with Gasteiger partial charge < -0.3 is 15.7 Å². The summed E-state index contributed by atoms with van der Waals surface area (Å²) in [5.74, 6) is 2.18. The van der Waals surface area contributed by atoms with Crippen LogP contribution in [0, 0.1) is 5.41 Å². The van der Waals surface area contributed by atoms with Crippen molar-refractivity contribution >= 4 is 11.6 Å². The van der Waals surface area contributed by atoms with Crippen molar-refractivity contribution < 1.29 is 5.11 Å². The number of benzene rings is 1. The Morgan fingerprint density at radius 2 is 1.76 bits per heavy atom. The summed E-state index contributed by atoms with van der Waals surface area (Å²) in [5, 5.41) is 15.6. The minimum absolute atomic E-state index is 0.121. The van der Waals surface area contributed by atoms with Crippen LogP contribution in [0.4, 0.5) is 11.6 Å². The van der Waals surface area contributed by atoms with Crippen molar-refractivity contribution in [3.63, 3.8) is 0 Å². The van der Waals surface area contributed by atoms with Crippen LogP contribution >= 0.6 is 0 Å². The maximum atomic E-state index is 9.32. The third-order valence-corrected chi connectivity index (χ3v) is 3.19. The number of aliphatic hydroxyl groups excluding tert-OH is 1. The average molecular weight is 286 g/mol. The predicted octanol–water partition coefficient (Wildman–Crippen LogP) is 2.62. The van der Waals surface area contributed by atoms with Crippen molar-refractivity contribution in [3.8, 4) is 11.4 Å². The summed E-state index contributed by atoms with van der Waals surface area (Å²) in [7, 11) is 1.83. The molecule has 0 bridgehead atoms. The van der Waals surface area contributed by atoms with Crippen LogP contribution in [0.25, 0.3) is 11.4 Å². The molecule has 112 valence electrons. The Kier molecular flexibility index (Phi) is 4.75. The smallest absolute Gasteiger partial charge is 0.163 e. The van der Waals surface area contributed by atoms with Crippen LogP contribution in [0.2, 0.25) is 0 Å². The van der Waals surface area contributed by atoms with E-state index in [2.05, 4.69) is 20.6 Å². The molecule has 2 rings (SSSR count). The number of anilines is 2. The molecule has 0 aliphatic heterocycles. The molecule has 3 N–H and O–H groups in total. The summed E-state index contributed by atoms with van der Waals surface area (Å²) < 4.78 is 0. The van der Waals surface area contributed by atoms with Crippen LogP contribution in [0.15, 0.2) is 36.4 Å². The highest BCUT2D eigenvalue weighted by molar-refractivity contribution is 5.61. The highest BCUT2D eigenvalue weighted by Gasteiger charge is 2.16. The molecule has 0 saturated heterocycles. The lowest BCUT2D eigenvalue weighted by Crippen LogP contribution is -2.27. The van der Waals surface area contributed by atoms with Gasteiger partial charge in [0, 0.05) is 37.2 Å². The zero-order valence-corrected chi connectivity index (χ0v) is 12.7. The summed E-state index contributed by atoms with van der Waals surface area (Å²) in [4.78, 5) is 9.02. The van der Waals surface area contributed by atoms with E-state index in [9.17, 15) is 5.11 Å². The molecule has 0 radical (unpaired) electrons. The second-order valence-corrected chi connectivity index (χ2v) is 5.75. The van der Waals surface area contributed by atoms with Gasteiger partial charge in [-0.1, -0.05) is 44.2 Å². The van der Waals surface area contributed by atoms with Gasteiger partial charge in [0.2, 0.25) is 0 Å². The van der Waals surface area contributed by atoms with Crippen LogP contribution in [-0.2, 0) is 0 Å². The van der Waals surface area contributed by atoms with E-state index in [1.807, 2.05) is 57.3 Å². The van der Waals surface area contributed by atoms with E-state index in [1.54, 1.807) is 0 Å². The molecule has 5 nitrogen and oxygen atoms in total. The van der Waals surface area contributed by atoms with E-state index in [0.29, 0.717) is 12.4 Å². The van der Waals surface area contributed by atoms with Gasteiger partial charge in [0.15, 0.2) is 5.82 Å².